The van der Waals surface area contributed by atoms with E-state index in [2.05, 4.69) is 9.80 Å². The second-order valence-electron chi connectivity index (χ2n) is 9.04. The molecule has 35 heavy (non-hydrogen) atoms. The highest BCUT2D eigenvalue weighted by molar-refractivity contribution is 5.44. The first kappa shape index (κ1) is 23.4. The van der Waals surface area contributed by atoms with Crippen LogP contribution in [0.4, 0.5) is 10.3 Å². The highest BCUT2D eigenvalue weighted by Gasteiger charge is 2.26. The lowest BCUT2D eigenvalue weighted by Crippen LogP contribution is -2.34. The largest absolute Gasteiger partial charge is 0.497 e. The van der Waals surface area contributed by atoms with E-state index >= 15 is 0 Å². The van der Waals surface area contributed by atoms with Crippen molar-refractivity contribution < 1.29 is 18.6 Å². The van der Waals surface area contributed by atoms with Gasteiger partial charge in [-0.1, -0.05) is 6.07 Å². The fourth-order valence-electron chi connectivity index (χ4n) is 4.74. The first-order valence-electron chi connectivity index (χ1n) is 12.1. The minimum Gasteiger partial charge on any atom is -0.497 e. The number of halogens is 1. The third kappa shape index (κ3) is 5.48. The quantitative estimate of drug-likeness (QED) is 0.475. The van der Waals surface area contributed by atoms with Gasteiger partial charge in [0.25, 0.3) is 0 Å². The van der Waals surface area contributed by atoms with E-state index in [4.69, 9.17) is 24.2 Å². The van der Waals surface area contributed by atoms with Gasteiger partial charge in [0.05, 0.1) is 25.5 Å². The Morgan fingerprint density at radius 3 is 2.37 bits per heavy atom. The third-order valence-electron chi connectivity index (χ3n) is 6.56. The first-order valence-corrected chi connectivity index (χ1v) is 12.1. The lowest BCUT2D eigenvalue weighted by Gasteiger charge is -2.32. The Bertz CT molecular complexity index is 1160. The van der Waals surface area contributed by atoms with E-state index in [0.29, 0.717) is 24.1 Å². The summed E-state index contributed by atoms with van der Waals surface area (Å²) in [4.78, 5) is 14.3. The van der Waals surface area contributed by atoms with Crippen LogP contribution in [-0.4, -0.2) is 48.7 Å². The van der Waals surface area contributed by atoms with Gasteiger partial charge < -0.3 is 19.1 Å². The molecule has 0 aliphatic carbocycles. The smallest absolute Gasteiger partial charge is 0.228 e. The predicted molar refractivity (Wildman–Crippen MR) is 132 cm³/mol. The van der Waals surface area contributed by atoms with Crippen molar-refractivity contribution >= 4 is 5.95 Å². The molecule has 5 rings (SSSR count). The summed E-state index contributed by atoms with van der Waals surface area (Å²) in [5.74, 6) is 2.85. The Morgan fingerprint density at radius 1 is 0.886 bits per heavy atom. The molecule has 0 radical (unpaired) electrons. The van der Waals surface area contributed by atoms with Crippen molar-refractivity contribution in [1.29, 1.82) is 0 Å². The summed E-state index contributed by atoms with van der Waals surface area (Å²) in [5, 5.41) is 0. The Hall–Kier alpha value is -3.39. The van der Waals surface area contributed by atoms with Crippen LogP contribution in [0, 0.1) is 5.82 Å². The Balaban J connectivity index is 1.44. The molecule has 0 atom stereocenters. The normalized spacial score (nSPS) is 16.0. The van der Waals surface area contributed by atoms with Gasteiger partial charge in [-0.15, -0.1) is 0 Å². The zero-order valence-electron chi connectivity index (χ0n) is 20.3. The highest BCUT2D eigenvalue weighted by Crippen LogP contribution is 2.33. The number of fused-ring (bicyclic) bond motifs is 1. The standard InChI is InChI=1S/C27H31FN4O3/c1-33-22-13-19(14-23(16-22)34-2)17-31-12-9-25-24(18-31)26(35-21-8-6-7-20(28)15-21)30-27(29-25)32-10-4-3-5-11-32/h6-8,13-16H,3-5,9-12,17-18H2,1-2H3. The summed E-state index contributed by atoms with van der Waals surface area (Å²) in [6, 6.07) is 12.1. The molecule has 2 aliphatic heterocycles. The summed E-state index contributed by atoms with van der Waals surface area (Å²) in [6.07, 6.45) is 4.30. The molecule has 0 amide bonds. The van der Waals surface area contributed by atoms with E-state index in [1.807, 2.05) is 18.2 Å². The fourth-order valence-corrected chi connectivity index (χ4v) is 4.74. The van der Waals surface area contributed by atoms with Crippen LogP contribution in [0.15, 0.2) is 42.5 Å². The van der Waals surface area contributed by atoms with Crippen molar-refractivity contribution in [2.24, 2.45) is 0 Å². The Morgan fingerprint density at radius 2 is 1.66 bits per heavy atom. The Labute approximate surface area is 205 Å². The monoisotopic (exact) mass is 478 g/mol. The molecule has 7 nitrogen and oxygen atoms in total. The number of anilines is 1. The number of ether oxygens (including phenoxy) is 3. The fraction of sp³-hybridized carbons (Fsp3) is 0.407. The maximum absolute atomic E-state index is 13.9. The van der Waals surface area contributed by atoms with Crippen LogP contribution in [0.5, 0.6) is 23.1 Å². The molecule has 1 aromatic heterocycles. The highest BCUT2D eigenvalue weighted by atomic mass is 19.1. The number of methoxy groups -OCH3 is 2. The topological polar surface area (TPSA) is 60.0 Å². The number of piperidine rings is 1. The van der Waals surface area contributed by atoms with Gasteiger partial charge in [0, 0.05) is 51.3 Å². The molecule has 2 aromatic carbocycles. The van der Waals surface area contributed by atoms with Gasteiger partial charge in [-0.25, -0.2) is 9.37 Å². The van der Waals surface area contributed by atoms with Gasteiger partial charge in [-0.3, -0.25) is 4.90 Å². The second kappa shape index (κ2) is 10.5. The van der Waals surface area contributed by atoms with Crippen LogP contribution in [0.2, 0.25) is 0 Å². The number of aromatic nitrogens is 2. The average Bonchev–Trinajstić information content (AvgIpc) is 2.89. The van der Waals surface area contributed by atoms with Gasteiger partial charge >= 0.3 is 0 Å². The number of hydrogen-bond acceptors (Lipinski definition) is 7. The molecular weight excluding hydrogens is 447 g/mol. The van der Waals surface area contributed by atoms with Gasteiger partial charge in [0.15, 0.2) is 0 Å². The molecular formula is C27H31FN4O3. The minimum atomic E-state index is -0.338. The van der Waals surface area contributed by atoms with Crippen molar-refractivity contribution in [1.82, 2.24) is 14.9 Å². The zero-order chi connectivity index (χ0) is 24.2. The van der Waals surface area contributed by atoms with Crippen LogP contribution < -0.4 is 19.1 Å². The van der Waals surface area contributed by atoms with Gasteiger partial charge in [-0.2, -0.15) is 4.98 Å². The van der Waals surface area contributed by atoms with E-state index in [0.717, 1.165) is 73.8 Å². The Kier molecular flexibility index (Phi) is 6.99. The van der Waals surface area contributed by atoms with Crippen LogP contribution in [-0.2, 0) is 19.5 Å². The lowest BCUT2D eigenvalue weighted by atomic mass is 10.1. The first-order chi connectivity index (χ1) is 17.1. The molecule has 0 spiro atoms. The van der Waals surface area contributed by atoms with E-state index in [-0.39, 0.29) is 5.82 Å². The average molecular weight is 479 g/mol. The maximum Gasteiger partial charge on any atom is 0.228 e. The molecule has 0 unspecified atom stereocenters. The van der Waals surface area contributed by atoms with Crippen LogP contribution >= 0.6 is 0 Å². The number of hydrogen-bond donors (Lipinski definition) is 0. The third-order valence-corrected chi connectivity index (χ3v) is 6.56. The SMILES string of the molecule is COc1cc(CN2CCc3nc(N4CCCCC4)nc(Oc4cccc(F)c4)c3C2)cc(OC)c1. The minimum absolute atomic E-state index is 0.338. The predicted octanol–water partition coefficient (Wildman–Crippen LogP) is 4.97. The van der Waals surface area contributed by atoms with Crippen molar-refractivity contribution in [3.8, 4) is 23.1 Å². The van der Waals surface area contributed by atoms with Gasteiger partial charge in [0.1, 0.15) is 23.1 Å². The maximum atomic E-state index is 13.9. The molecule has 0 saturated carbocycles. The van der Waals surface area contributed by atoms with Crippen molar-refractivity contribution in [3.63, 3.8) is 0 Å². The van der Waals surface area contributed by atoms with E-state index < -0.39 is 0 Å². The van der Waals surface area contributed by atoms with E-state index in [1.54, 1.807) is 26.4 Å². The molecule has 3 aromatic rings. The molecule has 8 heteroatoms. The van der Waals surface area contributed by atoms with Crippen LogP contribution in [0.1, 0.15) is 36.1 Å². The number of nitrogens with zero attached hydrogens (tertiary/aromatic N) is 4. The molecule has 0 N–H and O–H groups in total. The van der Waals surface area contributed by atoms with E-state index in [9.17, 15) is 4.39 Å². The second-order valence-corrected chi connectivity index (χ2v) is 9.04. The molecule has 1 fully saturated rings. The number of rotatable bonds is 7. The van der Waals surface area contributed by atoms with Crippen molar-refractivity contribution in [3.05, 3.63) is 65.1 Å². The van der Waals surface area contributed by atoms with E-state index in [1.165, 1.54) is 18.6 Å². The zero-order valence-corrected chi connectivity index (χ0v) is 20.3. The summed E-state index contributed by atoms with van der Waals surface area (Å²) in [5.41, 5.74) is 3.06. The van der Waals surface area contributed by atoms with Crippen LogP contribution in [0.3, 0.4) is 0 Å². The molecule has 184 valence electrons. The lowest BCUT2D eigenvalue weighted by molar-refractivity contribution is 0.237. The summed E-state index contributed by atoms with van der Waals surface area (Å²) >= 11 is 0. The molecule has 0 bridgehead atoms. The summed E-state index contributed by atoms with van der Waals surface area (Å²) < 4.78 is 30.9. The summed E-state index contributed by atoms with van der Waals surface area (Å²) in [7, 11) is 3.31. The summed E-state index contributed by atoms with van der Waals surface area (Å²) in [6.45, 7) is 4.12. The number of benzene rings is 2. The van der Waals surface area contributed by atoms with Crippen molar-refractivity contribution in [2.75, 3.05) is 38.8 Å². The van der Waals surface area contributed by atoms with Gasteiger partial charge in [-0.05, 0) is 49.1 Å². The molecule has 1 saturated heterocycles. The van der Waals surface area contributed by atoms with Crippen LogP contribution in [0.25, 0.3) is 0 Å². The molecule has 2 aliphatic rings. The molecule has 3 heterocycles. The van der Waals surface area contributed by atoms with Gasteiger partial charge in [0.2, 0.25) is 11.8 Å². The van der Waals surface area contributed by atoms with Crippen molar-refractivity contribution in [2.45, 2.75) is 38.8 Å².